The van der Waals surface area contributed by atoms with Gasteiger partial charge < -0.3 is 10.2 Å². The lowest BCUT2D eigenvalue weighted by Crippen LogP contribution is -2.44. The second-order valence-corrected chi connectivity index (χ2v) is 8.84. The Morgan fingerprint density at radius 1 is 1.03 bits per heavy atom. The van der Waals surface area contributed by atoms with E-state index >= 15 is 0 Å². The van der Waals surface area contributed by atoms with Gasteiger partial charge in [0.2, 0.25) is 5.91 Å². The Hall–Kier alpha value is -2.73. The van der Waals surface area contributed by atoms with E-state index in [-0.39, 0.29) is 11.8 Å². The fourth-order valence-corrected chi connectivity index (χ4v) is 4.60. The molecular weight excluding hydrogens is 388 g/mol. The first-order valence-electron chi connectivity index (χ1n) is 11.4. The van der Waals surface area contributed by atoms with Crippen LogP contribution in [-0.2, 0) is 11.3 Å². The number of nitrogens with one attached hydrogen (secondary N) is 1. The Morgan fingerprint density at radius 2 is 1.81 bits per heavy atom. The molecule has 1 aromatic carbocycles. The van der Waals surface area contributed by atoms with Gasteiger partial charge >= 0.3 is 0 Å². The van der Waals surface area contributed by atoms with E-state index in [4.69, 9.17) is 0 Å². The number of pyridine rings is 1. The fraction of sp³-hybridized carbons (Fsp3) is 0.480. The summed E-state index contributed by atoms with van der Waals surface area (Å²) < 4.78 is 0. The van der Waals surface area contributed by atoms with Crippen LogP contribution in [0.15, 0.2) is 42.7 Å². The molecule has 1 N–H and O–H groups in total. The Kier molecular flexibility index (Phi) is 6.97. The summed E-state index contributed by atoms with van der Waals surface area (Å²) in [7, 11) is 0. The van der Waals surface area contributed by atoms with Crippen LogP contribution >= 0.6 is 0 Å². The number of hydrogen-bond acceptors (Lipinski definition) is 4. The lowest BCUT2D eigenvalue weighted by molar-refractivity contribution is -0.138. The number of benzene rings is 1. The predicted octanol–water partition coefficient (Wildman–Crippen LogP) is 3.87. The van der Waals surface area contributed by atoms with Crippen LogP contribution in [0.4, 0.5) is 5.69 Å². The van der Waals surface area contributed by atoms with E-state index in [1.807, 2.05) is 31.2 Å². The molecule has 0 bridgehead atoms. The van der Waals surface area contributed by atoms with E-state index in [0.717, 1.165) is 69.7 Å². The molecule has 6 nitrogen and oxygen atoms in total. The number of nitrogens with zero attached hydrogens (tertiary/aromatic N) is 3. The quantitative estimate of drug-likeness (QED) is 0.798. The number of likely N-dealkylation sites (tertiary alicyclic amines) is 2. The highest BCUT2D eigenvalue weighted by atomic mass is 16.2. The van der Waals surface area contributed by atoms with E-state index < -0.39 is 0 Å². The van der Waals surface area contributed by atoms with Crippen molar-refractivity contribution in [3.63, 3.8) is 0 Å². The van der Waals surface area contributed by atoms with E-state index in [2.05, 4.69) is 26.2 Å². The Labute approximate surface area is 184 Å². The van der Waals surface area contributed by atoms with Gasteiger partial charge in [0.15, 0.2) is 0 Å². The summed E-state index contributed by atoms with van der Waals surface area (Å²) in [6.45, 7) is 6.52. The topological polar surface area (TPSA) is 65.5 Å². The molecule has 1 aromatic heterocycles. The van der Waals surface area contributed by atoms with Crippen molar-refractivity contribution in [1.82, 2.24) is 14.8 Å². The van der Waals surface area contributed by atoms with Crippen LogP contribution in [-0.4, -0.2) is 52.8 Å². The maximum absolute atomic E-state index is 12.8. The van der Waals surface area contributed by atoms with Crippen molar-refractivity contribution in [2.45, 2.75) is 45.6 Å². The highest BCUT2D eigenvalue weighted by molar-refractivity contribution is 6.04. The Morgan fingerprint density at radius 3 is 2.55 bits per heavy atom. The van der Waals surface area contributed by atoms with Crippen LogP contribution in [0.2, 0.25) is 0 Å². The van der Waals surface area contributed by atoms with Crippen molar-refractivity contribution in [2.75, 3.05) is 31.5 Å². The second kappa shape index (κ2) is 10.1. The van der Waals surface area contributed by atoms with E-state index in [1.54, 1.807) is 12.4 Å². The maximum atomic E-state index is 12.8. The minimum absolute atomic E-state index is 0.148. The molecule has 2 amide bonds. The molecule has 0 aliphatic carbocycles. The normalized spacial score (nSPS) is 18.0. The molecule has 2 aliphatic rings. The predicted molar refractivity (Wildman–Crippen MR) is 122 cm³/mol. The number of piperidine rings is 2. The minimum Gasteiger partial charge on any atom is -0.342 e. The molecule has 2 fully saturated rings. The van der Waals surface area contributed by atoms with Gasteiger partial charge in [-0.15, -0.1) is 0 Å². The van der Waals surface area contributed by atoms with Crippen LogP contribution in [0, 0.1) is 12.8 Å². The van der Waals surface area contributed by atoms with Crippen molar-refractivity contribution >= 4 is 17.5 Å². The highest BCUT2D eigenvalue weighted by Gasteiger charge is 2.29. The van der Waals surface area contributed by atoms with Gasteiger partial charge in [-0.05, 0) is 81.4 Å². The monoisotopic (exact) mass is 420 g/mol. The lowest BCUT2D eigenvalue weighted by atomic mass is 9.94. The lowest BCUT2D eigenvalue weighted by Gasteiger charge is -2.35. The zero-order chi connectivity index (χ0) is 21.6. The third-order valence-corrected chi connectivity index (χ3v) is 6.33. The SMILES string of the molecule is Cc1cncc(C(=O)Nc2cccc(CN3CCC(C(=O)N4CCCCC4)CC3)c2)c1. The summed E-state index contributed by atoms with van der Waals surface area (Å²) in [5.74, 6) is 0.406. The van der Waals surface area contributed by atoms with Crippen LogP contribution in [0.5, 0.6) is 0 Å². The van der Waals surface area contributed by atoms with Gasteiger partial charge in [-0.1, -0.05) is 12.1 Å². The summed E-state index contributed by atoms with van der Waals surface area (Å²) in [4.78, 5) is 33.9. The van der Waals surface area contributed by atoms with Crippen molar-refractivity contribution < 1.29 is 9.59 Å². The first-order chi connectivity index (χ1) is 15.1. The zero-order valence-corrected chi connectivity index (χ0v) is 18.3. The third kappa shape index (κ3) is 5.70. The van der Waals surface area contributed by atoms with Gasteiger partial charge in [0.1, 0.15) is 0 Å². The maximum Gasteiger partial charge on any atom is 0.257 e. The molecule has 164 valence electrons. The van der Waals surface area contributed by atoms with Crippen molar-refractivity contribution in [3.8, 4) is 0 Å². The average Bonchev–Trinajstić information content (AvgIpc) is 2.80. The van der Waals surface area contributed by atoms with Gasteiger partial charge in [-0.25, -0.2) is 0 Å². The van der Waals surface area contributed by atoms with Crippen molar-refractivity contribution in [2.24, 2.45) is 5.92 Å². The molecular formula is C25H32N4O2. The third-order valence-electron chi connectivity index (χ3n) is 6.33. The zero-order valence-electron chi connectivity index (χ0n) is 18.3. The minimum atomic E-state index is -0.148. The molecule has 0 atom stereocenters. The molecule has 31 heavy (non-hydrogen) atoms. The highest BCUT2D eigenvalue weighted by Crippen LogP contribution is 2.23. The molecule has 2 aromatic rings. The molecule has 3 heterocycles. The van der Waals surface area contributed by atoms with Crippen LogP contribution in [0.3, 0.4) is 0 Å². The van der Waals surface area contributed by atoms with Gasteiger partial charge in [0.25, 0.3) is 5.91 Å². The largest absolute Gasteiger partial charge is 0.342 e. The number of amides is 2. The Bertz CT molecular complexity index is 915. The van der Waals surface area contributed by atoms with E-state index in [1.165, 1.54) is 12.0 Å². The number of rotatable bonds is 5. The molecule has 0 saturated carbocycles. The molecule has 2 aliphatic heterocycles. The standard InChI is InChI=1S/C25H32N4O2/c1-19-14-22(17-26-16-19)24(30)27-23-7-5-6-20(15-23)18-28-12-8-21(9-13-28)25(31)29-10-3-2-4-11-29/h5-7,14-17,21H,2-4,8-13,18H2,1H3,(H,27,30). The first kappa shape index (κ1) is 21.5. The number of carbonyl (C=O) groups excluding carboxylic acids is 2. The van der Waals surface area contributed by atoms with Gasteiger partial charge in [0.05, 0.1) is 5.56 Å². The van der Waals surface area contributed by atoms with E-state index in [0.29, 0.717) is 11.5 Å². The number of anilines is 1. The number of carbonyl (C=O) groups is 2. The summed E-state index contributed by atoms with van der Waals surface area (Å²) >= 11 is 0. The molecule has 6 heteroatoms. The van der Waals surface area contributed by atoms with Crippen molar-refractivity contribution in [1.29, 1.82) is 0 Å². The number of aryl methyl sites for hydroxylation is 1. The van der Waals surface area contributed by atoms with E-state index in [9.17, 15) is 9.59 Å². The summed E-state index contributed by atoms with van der Waals surface area (Å²) in [5, 5.41) is 2.97. The van der Waals surface area contributed by atoms with Gasteiger partial charge in [-0.3, -0.25) is 19.5 Å². The van der Waals surface area contributed by atoms with Gasteiger partial charge in [-0.2, -0.15) is 0 Å². The van der Waals surface area contributed by atoms with Crippen LogP contribution in [0.1, 0.15) is 53.6 Å². The number of hydrogen-bond donors (Lipinski definition) is 1. The number of aromatic nitrogens is 1. The fourth-order valence-electron chi connectivity index (χ4n) is 4.60. The molecule has 0 radical (unpaired) electrons. The average molecular weight is 421 g/mol. The second-order valence-electron chi connectivity index (χ2n) is 8.84. The van der Waals surface area contributed by atoms with Crippen molar-refractivity contribution in [3.05, 3.63) is 59.4 Å². The molecule has 0 unspecified atom stereocenters. The first-order valence-corrected chi connectivity index (χ1v) is 11.4. The molecule has 0 spiro atoms. The summed E-state index contributed by atoms with van der Waals surface area (Å²) in [6, 6.07) is 9.85. The summed E-state index contributed by atoms with van der Waals surface area (Å²) in [5.41, 5.74) is 3.48. The summed E-state index contributed by atoms with van der Waals surface area (Å²) in [6.07, 6.45) is 8.75. The van der Waals surface area contributed by atoms with Crippen LogP contribution < -0.4 is 5.32 Å². The molecule has 2 saturated heterocycles. The Balaban J connectivity index is 1.29. The smallest absolute Gasteiger partial charge is 0.257 e. The van der Waals surface area contributed by atoms with Crippen LogP contribution in [0.25, 0.3) is 0 Å². The van der Waals surface area contributed by atoms with Gasteiger partial charge in [0, 0.05) is 43.6 Å². The molecule has 4 rings (SSSR count).